The molecular weight excluding hydrogens is 337 g/mol. The van der Waals surface area contributed by atoms with Gasteiger partial charge in [0.15, 0.2) is 0 Å². The van der Waals surface area contributed by atoms with Gasteiger partial charge in [-0.3, -0.25) is 4.99 Å². The molecule has 0 aliphatic carbocycles. The molecule has 27 heavy (non-hydrogen) atoms. The van der Waals surface area contributed by atoms with Gasteiger partial charge in [0.1, 0.15) is 17.6 Å². The van der Waals surface area contributed by atoms with Crippen LogP contribution in [0.1, 0.15) is 22.7 Å². The standard InChI is InChI=1S/C24H18FNO/c25-20-13-10-17(11-14-20)16-26-24(19-7-2-1-3-8-19)23-21-9-5-4-6-18(21)12-15-22(23)27/h1-16,24,27H. The van der Waals surface area contributed by atoms with Gasteiger partial charge in [0, 0.05) is 11.8 Å². The Balaban J connectivity index is 1.87. The summed E-state index contributed by atoms with van der Waals surface area (Å²) >= 11 is 0. The highest BCUT2D eigenvalue weighted by Gasteiger charge is 2.19. The maximum Gasteiger partial charge on any atom is 0.123 e. The Labute approximate surface area is 157 Å². The third-order valence-corrected chi connectivity index (χ3v) is 4.58. The Morgan fingerprint density at radius 1 is 0.778 bits per heavy atom. The molecule has 4 aromatic carbocycles. The lowest BCUT2D eigenvalue weighted by Crippen LogP contribution is -2.01. The van der Waals surface area contributed by atoms with Gasteiger partial charge in [-0.05, 0) is 40.1 Å². The SMILES string of the molecule is Oc1ccc2ccccc2c1C(N=Cc1ccc(F)cc1)c1ccccc1. The predicted octanol–water partition coefficient (Wildman–Crippen LogP) is 5.89. The van der Waals surface area contributed by atoms with Crippen molar-refractivity contribution in [1.82, 2.24) is 0 Å². The number of nitrogens with zero attached hydrogens (tertiary/aromatic N) is 1. The summed E-state index contributed by atoms with van der Waals surface area (Å²) in [5.41, 5.74) is 2.54. The maximum absolute atomic E-state index is 13.2. The minimum Gasteiger partial charge on any atom is -0.508 e. The van der Waals surface area contributed by atoms with Crippen molar-refractivity contribution < 1.29 is 9.50 Å². The summed E-state index contributed by atoms with van der Waals surface area (Å²) in [7, 11) is 0. The lowest BCUT2D eigenvalue weighted by atomic mass is 9.93. The molecule has 0 spiro atoms. The van der Waals surface area contributed by atoms with Gasteiger partial charge in [0.05, 0.1) is 0 Å². The summed E-state index contributed by atoms with van der Waals surface area (Å²) in [6, 6.07) is 27.2. The van der Waals surface area contributed by atoms with Crippen molar-refractivity contribution in [2.75, 3.05) is 0 Å². The van der Waals surface area contributed by atoms with E-state index in [0.29, 0.717) is 0 Å². The first-order chi connectivity index (χ1) is 13.2. The van der Waals surface area contributed by atoms with Crippen LogP contribution in [0.4, 0.5) is 4.39 Å². The number of aromatic hydroxyl groups is 1. The molecule has 0 saturated heterocycles. The summed E-state index contributed by atoms with van der Waals surface area (Å²) in [6.45, 7) is 0. The third-order valence-electron chi connectivity index (χ3n) is 4.58. The van der Waals surface area contributed by atoms with E-state index in [1.54, 1.807) is 24.4 Å². The summed E-state index contributed by atoms with van der Waals surface area (Å²) in [4.78, 5) is 4.77. The molecule has 2 nitrogen and oxygen atoms in total. The molecule has 4 aromatic rings. The van der Waals surface area contributed by atoms with E-state index in [0.717, 1.165) is 27.5 Å². The van der Waals surface area contributed by atoms with E-state index in [4.69, 9.17) is 4.99 Å². The number of hydrogen-bond donors (Lipinski definition) is 1. The van der Waals surface area contributed by atoms with Gasteiger partial charge in [-0.2, -0.15) is 0 Å². The summed E-state index contributed by atoms with van der Waals surface area (Å²) in [5, 5.41) is 12.7. The summed E-state index contributed by atoms with van der Waals surface area (Å²) < 4.78 is 13.2. The molecule has 0 aliphatic rings. The topological polar surface area (TPSA) is 32.6 Å². The Morgan fingerprint density at radius 3 is 2.26 bits per heavy atom. The van der Waals surface area contributed by atoms with Crippen LogP contribution >= 0.6 is 0 Å². The quantitative estimate of drug-likeness (QED) is 0.455. The number of halogens is 1. The number of aliphatic imine (C=N–C) groups is 1. The first-order valence-electron chi connectivity index (χ1n) is 8.77. The van der Waals surface area contributed by atoms with Crippen molar-refractivity contribution in [3.63, 3.8) is 0 Å². The van der Waals surface area contributed by atoms with E-state index in [2.05, 4.69) is 0 Å². The van der Waals surface area contributed by atoms with Crippen molar-refractivity contribution >= 4 is 17.0 Å². The van der Waals surface area contributed by atoms with Crippen LogP contribution in [0.2, 0.25) is 0 Å². The Kier molecular flexibility index (Phi) is 4.67. The lowest BCUT2D eigenvalue weighted by molar-refractivity contribution is 0.467. The molecule has 132 valence electrons. The molecule has 3 heteroatoms. The molecule has 0 aliphatic heterocycles. The van der Waals surface area contributed by atoms with E-state index in [9.17, 15) is 9.50 Å². The van der Waals surface area contributed by atoms with Crippen LogP contribution < -0.4 is 0 Å². The first kappa shape index (κ1) is 17.0. The van der Waals surface area contributed by atoms with E-state index in [1.807, 2.05) is 60.7 Å². The molecule has 0 bridgehead atoms. The van der Waals surface area contributed by atoms with Crippen LogP contribution in [0.3, 0.4) is 0 Å². The van der Waals surface area contributed by atoms with Gasteiger partial charge in [-0.25, -0.2) is 4.39 Å². The average molecular weight is 355 g/mol. The smallest absolute Gasteiger partial charge is 0.123 e. The molecular formula is C24H18FNO. The van der Waals surface area contributed by atoms with Crippen LogP contribution in [0.15, 0.2) is 96.0 Å². The van der Waals surface area contributed by atoms with Gasteiger partial charge < -0.3 is 5.11 Å². The van der Waals surface area contributed by atoms with E-state index < -0.39 is 0 Å². The van der Waals surface area contributed by atoms with Crippen molar-refractivity contribution in [3.05, 3.63) is 114 Å². The molecule has 0 saturated carbocycles. The monoisotopic (exact) mass is 355 g/mol. The van der Waals surface area contributed by atoms with Gasteiger partial charge in [-0.15, -0.1) is 0 Å². The van der Waals surface area contributed by atoms with E-state index >= 15 is 0 Å². The summed E-state index contributed by atoms with van der Waals surface area (Å²) in [5.74, 6) is -0.0720. The minimum atomic E-state index is -0.373. The fraction of sp³-hybridized carbons (Fsp3) is 0.0417. The zero-order valence-corrected chi connectivity index (χ0v) is 14.6. The van der Waals surface area contributed by atoms with Crippen molar-refractivity contribution in [2.24, 2.45) is 4.99 Å². The molecule has 0 fully saturated rings. The normalized spacial score (nSPS) is 12.5. The number of hydrogen-bond acceptors (Lipinski definition) is 2. The number of fused-ring (bicyclic) bond motifs is 1. The van der Waals surface area contributed by atoms with Crippen molar-refractivity contribution in [3.8, 4) is 5.75 Å². The summed E-state index contributed by atoms with van der Waals surface area (Å²) in [6.07, 6.45) is 1.72. The molecule has 0 amide bonds. The molecule has 4 rings (SSSR count). The van der Waals surface area contributed by atoms with Crippen molar-refractivity contribution in [1.29, 1.82) is 0 Å². The second-order valence-electron chi connectivity index (χ2n) is 6.36. The average Bonchev–Trinajstić information content (AvgIpc) is 2.71. The molecule has 1 atom stereocenters. The largest absolute Gasteiger partial charge is 0.508 e. The Hall–Kier alpha value is -3.46. The molecule has 1 N–H and O–H groups in total. The minimum absolute atomic E-state index is 0.207. The van der Waals surface area contributed by atoms with Gasteiger partial charge in [0.2, 0.25) is 0 Å². The number of benzene rings is 4. The molecule has 0 heterocycles. The highest BCUT2D eigenvalue weighted by molar-refractivity contribution is 5.89. The highest BCUT2D eigenvalue weighted by Crippen LogP contribution is 2.37. The second kappa shape index (κ2) is 7.42. The number of rotatable bonds is 4. The third kappa shape index (κ3) is 3.58. The van der Waals surface area contributed by atoms with Crippen LogP contribution in [0.5, 0.6) is 5.75 Å². The molecule has 1 unspecified atom stereocenters. The van der Waals surface area contributed by atoms with Crippen LogP contribution in [0.25, 0.3) is 10.8 Å². The predicted molar refractivity (Wildman–Crippen MR) is 108 cm³/mol. The van der Waals surface area contributed by atoms with Gasteiger partial charge >= 0.3 is 0 Å². The fourth-order valence-corrected chi connectivity index (χ4v) is 3.24. The molecule has 0 aromatic heterocycles. The number of phenols is 1. The van der Waals surface area contributed by atoms with Gasteiger partial charge in [0.25, 0.3) is 0 Å². The zero-order valence-electron chi connectivity index (χ0n) is 14.6. The lowest BCUT2D eigenvalue weighted by Gasteiger charge is -2.17. The Bertz CT molecular complexity index is 1090. The van der Waals surface area contributed by atoms with E-state index in [-0.39, 0.29) is 17.6 Å². The maximum atomic E-state index is 13.2. The van der Waals surface area contributed by atoms with Crippen LogP contribution in [0, 0.1) is 5.82 Å². The Morgan fingerprint density at radius 2 is 1.48 bits per heavy atom. The first-order valence-corrected chi connectivity index (χ1v) is 8.77. The van der Waals surface area contributed by atoms with Crippen LogP contribution in [-0.2, 0) is 0 Å². The zero-order chi connectivity index (χ0) is 18.6. The second-order valence-corrected chi connectivity index (χ2v) is 6.36. The van der Waals surface area contributed by atoms with E-state index in [1.165, 1.54) is 12.1 Å². The van der Waals surface area contributed by atoms with Crippen LogP contribution in [-0.4, -0.2) is 11.3 Å². The highest BCUT2D eigenvalue weighted by atomic mass is 19.1. The number of phenolic OH excluding ortho intramolecular Hbond substituents is 1. The van der Waals surface area contributed by atoms with Gasteiger partial charge in [-0.1, -0.05) is 72.8 Å². The molecule has 0 radical (unpaired) electrons. The fourth-order valence-electron chi connectivity index (χ4n) is 3.24. The van der Waals surface area contributed by atoms with Crippen molar-refractivity contribution in [2.45, 2.75) is 6.04 Å².